The minimum atomic E-state index is -0.583. The van der Waals surface area contributed by atoms with Gasteiger partial charge in [-0.25, -0.2) is 0 Å². The van der Waals surface area contributed by atoms with Gasteiger partial charge in [0.2, 0.25) is 23.6 Å². The maximum Gasteiger partial charge on any atom is 0.217 e. The Balaban J connectivity index is 2.97. The third kappa shape index (κ3) is 11.0. The fourth-order valence-corrected chi connectivity index (χ4v) is 8.25. The van der Waals surface area contributed by atoms with Gasteiger partial charge < -0.3 is 22.9 Å². The van der Waals surface area contributed by atoms with Gasteiger partial charge in [0.1, 0.15) is 0 Å². The minimum Gasteiger partial charge on any atom is -0.370 e. The van der Waals surface area contributed by atoms with Gasteiger partial charge in [-0.15, -0.1) is 15.8 Å². The fraction of sp³-hybridized carbons (Fsp3) is 0.545. The van der Waals surface area contributed by atoms with Crippen LogP contribution in [0.5, 0.6) is 0 Å². The summed E-state index contributed by atoms with van der Waals surface area (Å²) in [5, 5.41) is 0. The van der Waals surface area contributed by atoms with Crippen LogP contribution < -0.4 is 22.9 Å². The number of rotatable bonds is 16. The summed E-state index contributed by atoms with van der Waals surface area (Å²) < 4.78 is 0. The average molecular weight is 483 g/mol. The lowest BCUT2D eigenvalue weighted by Gasteiger charge is -2.22. The van der Waals surface area contributed by atoms with Gasteiger partial charge in [-0.2, -0.15) is 0 Å². The van der Waals surface area contributed by atoms with Crippen molar-refractivity contribution in [1.29, 1.82) is 0 Å². The molecule has 0 aromatic heterocycles. The third-order valence-corrected chi connectivity index (χ3v) is 10.5. The number of nitrogens with two attached hydrogens (primary N) is 4. The van der Waals surface area contributed by atoms with Gasteiger partial charge in [0.15, 0.2) is 0 Å². The maximum absolute atomic E-state index is 11.2. The zero-order valence-corrected chi connectivity index (χ0v) is 20.9. The van der Waals surface area contributed by atoms with Crippen LogP contribution in [0.1, 0.15) is 47.9 Å². The van der Waals surface area contributed by atoms with E-state index >= 15 is 0 Å². The summed E-state index contributed by atoms with van der Waals surface area (Å²) in [5.74, 6) is -1.33. The van der Waals surface area contributed by atoms with E-state index in [4.69, 9.17) is 22.9 Å². The molecule has 0 bridgehead atoms. The zero-order valence-electron chi connectivity index (χ0n) is 19.1. The second kappa shape index (κ2) is 14.2. The van der Waals surface area contributed by atoms with Gasteiger partial charge in [0.25, 0.3) is 0 Å². The normalized spacial score (nSPS) is 11.1. The molecule has 0 aliphatic heterocycles. The molecule has 0 spiro atoms. The molecule has 1 rings (SSSR count). The van der Waals surface area contributed by atoms with E-state index in [-0.39, 0.29) is 23.6 Å². The van der Waals surface area contributed by atoms with E-state index in [1.807, 2.05) is 0 Å². The molecule has 8 nitrogen and oxygen atoms in total. The van der Waals surface area contributed by atoms with Crippen molar-refractivity contribution < 1.29 is 19.2 Å². The molecule has 0 atom stereocenters. The largest absolute Gasteiger partial charge is 0.370 e. The summed E-state index contributed by atoms with van der Waals surface area (Å²) in [6.45, 7) is 4.16. The van der Waals surface area contributed by atoms with Crippen LogP contribution in [-0.4, -0.2) is 48.3 Å². The van der Waals surface area contributed by atoms with E-state index in [1.165, 1.54) is 22.3 Å². The van der Waals surface area contributed by atoms with Crippen LogP contribution in [0.2, 0.25) is 0 Å². The highest BCUT2D eigenvalue weighted by molar-refractivity contribution is 7.57. The summed E-state index contributed by atoms with van der Waals surface area (Å²) in [6, 6.07) is 4.22. The van der Waals surface area contributed by atoms with E-state index in [0.717, 1.165) is 12.3 Å². The summed E-state index contributed by atoms with van der Waals surface area (Å²) in [4.78, 5) is 45.0. The van der Waals surface area contributed by atoms with Crippen molar-refractivity contribution in [3.05, 3.63) is 34.4 Å². The summed E-state index contributed by atoms with van der Waals surface area (Å²) >= 11 is 0. The molecule has 0 fully saturated rings. The Bertz CT molecular complexity index is 729. The van der Waals surface area contributed by atoms with Crippen molar-refractivity contribution in [2.24, 2.45) is 22.9 Å². The monoisotopic (exact) mass is 482 g/mol. The first kappa shape index (κ1) is 28.0. The maximum atomic E-state index is 11.2. The SMILES string of the molecule is Cc1c(CP(CCC(N)=O)CCC(N)=O)ccc(CP(CCC(N)=O)CCC(N)=O)c1C. The first-order valence-corrected chi connectivity index (χ1v) is 14.4. The van der Waals surface area contributed by atoms with Crippen LogP contribution in [0.25, 0.3) is 0 Å². The van der Waals surface area contributed by atoms with Gasteiger partial charge in [-0.05, 0) is 73.1 Å². The molecule has 178 valence electrons. The van der Waals surface area contributed by atoms with Gasteiger partial charge in [-0.1, -0.05) is 12.1 Å². The van der Waals surface area contributed by atoms with Crippen molar-refractivity contribution in [3.63, 3.8) is 0 Å². The number of amides is 4. The molecule has 0 heterocycles. The molecule has 0 radical (unpaired) electrons. The number of carbonyl (C=O) groups excluding carboxylic acids is 4. The van der Waals surface area contributed by atoms with E-state index in [2.05, 4.69) is 26.0 Å². The molecular weight excluding hydrogens is 446 g/mol. The molecule has 4 amide bonds. The van der Waals surface area contributed by atoms with Gasteiger partial charge in [-0.3, -0.25) is 19.2 Å². The Hall–Kier alpha value is -2.04. The quantitative estimate of drug-likeness (QED) is 0.263. The number of hydrogen-bond donors (Lipinski definition) is 4. The summed E-state index contributed by atoms with van der Waals surface area (Å²) in [5.41, 5.74) is 26.1. The molecular formula is C22H36N4O4P2. The average Bonchev–Trinajstić information content (AvgIpc) is 2.70. The number of primary amides is 4. The Morgan fingerprint density at radius 2 is 0.844 bits per heavy atom. The Kier molecular flexibility index (Phi) is 12.4. The standard InChI is InChI=1S/C22H36N4O4P2/c1-15-16(2)18(14-32(11-7-21(25)29)12-8-22(26)30)4-3-17(15)13-31(9-5-19(23)27)10-6-20(24)28/h3-4H,5-14H2,1-2H3,(H2,23,27)(H2,24,28)(H2,25,29)(H2,26,30). The first-order chi connectivity index (χ1) is 15.0. The van der Waals surface area contributed by atoms with Crippen molar-refractivity contribution in [1.82, 2.24) is 0 Å². The number of benzene rings is 1. The van der Waals surface area contributed by atoms with Crippen molar-refractivity contribution in [3.8, 4) is 0 Å². The minimum absolute atomic E-state index is 0.310. The summed E-state index contributed by atoms with van der Waals surface area (Å²) in [6.07, 6.45) is 5.59. The highest BCUT2D eigenvalue weighted by atomic mass is 31.1. The predicted octanol–water partition coefficient (Wildman–Crippen LogP) is 1.77. The lowest BCUT2D eigenvalue weighted by molar-refractivity contribution is -0.118. The van der Waals surface area contributed by atoms with Crippen molar-refractivity contribution in [2.75, 3.05) is 24.6 Å². The van der Waals surface area contributed by atoms with E-state index in [0.29, 0.717) is 50.3 Å². The lowest BCUT2D eigenvalue weighted by atomic mass is 10.00. The first-order valence-electron chi connectivity index (χ1n) is 10.7. The fourth-order valence-electron chi connectivity index (χ4n) is 3.37. The van der Waals surface area contributed by atoms with Crippen LogP contribution in [0.4, 0.5) is 0 Å². The van der Waals surface area contributed by atoms with E-state index in [1.54, 1.807) is 0 Å². The van der Waals surface area contributed by atoms with Crippen LogP contribution in [0.3, 0.4) is 0 Å². The van der Waals surface area contributed by atoms with Gasteiger partial charge in [0, 0.05) is 25.7 Å². The molecule has 10 heteroatoms. The Morgan fingerprint density at radius 3 is 1.06 bits per heavy atom. The molecule has 0 saturated carbocycles. The smallest absolute Gasteiger partial charge is 0.217 e. The number of hydrogen-bond acceptors (Lipinski definition) is 4. The summed E-state index contributed by atoms with van der Waals surface area (Å²) in [7, 11) is -1.17. The van der Waals surface area contributed by atoms with Crippen molar-refractivity contribution in [2.45, 2.75) is 51.9 Å². The Labute approximate surface area is 192 Å². The molecule has 8 N–H and O–H groups in total. The van der Waals surface area contributed by atoms with Gasteiger partial charge in [0.05, 0.1) is 0 Å². The molecule has 0 unspecified atom stereocenters. The molecule has 1 aromatic rings. The highest BCUT2D eigenvalue weighted by Gasteiger charge is 2.17. The third-order valence-electron chi connectivity index (χ3n) is 5.50. The second-order valence-corrected chi connectivity index (χ2v) is 13.2. The van der Waals surface area contributed by atoms with Crippen LogP contribution in [-0.2, 0) is 31.5 Å². The molecule has 32 heavy (non-hydrogen) atoms. The second-order valence-electron chi connectivity index (χ2n) is 8.05. The molecule has 0 aliphatic carbocycles. The van der Waals surface area contributed by atoms with Crippen LogP contribution >= 0.6 is 15.8 Å². The lowest BCUT2D eigenvalue weighted by Crippen LogP contribution is -2.15. The topological polar surface area (TPSA) is 172 Å². The predicted molar refractivity (Wildman–Crippen MR) is 132 cm³/mol. The van der Waals surface area contributed by atoms with E-state index in [9.17, 15) is 19.2 Å². The van der Waals surface area contributed by atoms with Gasteiger partial charge >= 0.3 is 0 Å². The molecule has 0 saturated heterocycles. The highest BCUT2D eigenvalue weighted by Crippen LogP contribution is 2.44. The Morgan fingerprint density at radius 1 is 0.594 bits per heavy atom. The molecule has 1 aromatic carbocycles. The van der Waals surface area contributed by atoms with Crippen LogP contribution in [0, 0.1) is 13.8 Å². The van der Waals surface area contributed by atoms with Crippen LogP contribution in [0.15, 0.2) is 12.1 Å². The zero-order chi connectivity index (χ0) is 24.3. The van der Waals surface area contributed by atoms with Crippen molar-refractivity contribution >= 4 is 39.5 Å². The number of carbonyl (C=O) groups is 4. The molecule has 0 aliphatic rings. The van der Waals surface area contributed by atoms with E-state index < -0.39 is 15.8 Å².